The number of nitrogens with zero attached hydrogens (tertiary/aromatic N) is 4. The molecule has 1 amide bonds. The molecule has 0 spiro atoms. The lowest BCUT2D eigenvalue weighted by molar-refractivity contribution is -0.156. The quantitative estimate of drug-likeness (QED) is 0.326. The van der Waals surface area contributed by atoms with Crippen LogP contribution in [0.3, 0.4) is 0 Å². The van der Waals surface area contributed by atoms with Crippen molar-refractivity contribution in [2.45, 2.75) is 24.8 Å². The fourth-order valence-corrected chi connectivity index (χ4v) is 4.22. The van der Waals surface area contributed by atoms with Crippen molar-refractivity contribution in [2.75, 3.05) is 23.3 Å². The van der Waals surface area contributed by atoms with Gasteiger partial charge in [0.05, 0.1) is 22.9 Å². The van der Waals surface area contributed by atoms with Crippen LogP contribution in [-0.4, -0.2) is 39.7 Å². The molecule has 1 atom stereocenters. The summed E-state index contributed by atoms with van der Waals surface area (Å²) in [6.07, 6.45) is -7.29. The Labute approximate surface area is 206 Å². The predicted octanol–water partition coefficient (Wildman–Crippen LogP) is 6.06. The van der Waals surface area contributed by atoms with Gasteiger partial charge in [-0.05, 0) is 42.3 Å². The van der Waals surface area contributed by atoms with Gasteiger partial charge in [0.2, 0.25) is 0 Å². The van der Waals surface area contributed by atoms with Crippen molar-refractivity contribution in [3.63, 3.8) is 0 Å². The zero-order chi connectivity index (χ0) is 26.4. The van der Waals surface area contributed by atoms with Gasteiger partial charge in [0.1, 0.15) is 17.2 Å². The molecule has 1 aliphatic heterocycles. The number of carbonyl (C=O) groups is 1. The smallest absolute Gasteiger partial charge is 0.356 e. The highest BCUT2D eigenvalue weighted by molar-refractivity contribution is 6.06. The van der Waals surface area contributed by atoms with Gasteiger partial charge >= 0.3 is 12.4 Å². The van der Waals surface area contributed by atoms with Crippen LogP contribution < -0.4 is 10.2 Å². The highest BCUT2D eigenvalue weighted by Gasteiger charge is 2.44. The Morgan fingerprint density at radius 1 is 0.946 bits per heavy atom. The number of benzene rings is 1. The Morgan fingerprint density at radius 3 is 2.24 bits per heavy atom. The van der Waals surface area contributed by atoms with Gasteiger partial charge in [-0.25, -0.2) is 9.97 Å². The number of carbonyl (C=O) groups excluding carboxylic acids is 1. The van der Waals surface area contributed by atoms with Gasteiger partial charge in [0.15, 0.2) is 6.04 Å². The van der Waals surface area contributed by atoms with E-state index in [0.717, 1.165) is 31.6 Å². The zero-order valence-corrected chi connectivity index (χ0v) is 19.0. The summed E-state index contributed by atoms with van der Waals surface area (Å²) in [7, 11) is 0. The van der Waals surface area contributed by atoms with E-state index in [1.165, 1.54) is 36.5 Å². The summed E-state index contributed by atoms with van der Waals surface area (Å²) in [5.74, 6) is -0.251. The number of halogens is 6. The number of pyridine rings is 2. The molecule has 0 aliphatic carbocycles. The molecule has 1 saturated heterocycles. The Balaban J connectivity index is 1.61. The number of nitrogens with one attached hydrogen (secondary N) is 1. The molecule has 5 rings (SSSR count). The van der Waals surface area contributed by atoms with E-state index in [0.29, 0.717) is 16.5 Å². The molecule has 4 aromatic rings. The molecule has 192 valence electrons. The minimum absolute atomic E-state index is 0.193. The number of hydrogen-bond donors (Lipinski definition) is 1. The molecule has 37 heavy (non-hydrogen) atoms. The van der Waals surface area contributed by atoms with Crippen LogP contribution in [0.1, 0.15) is 34.2 Å². The maximum absolute atomic E-state index is 14.4. The molecule has 0 bridgehead atoms. The van der Waals surface area contributed by atoms with Crippen LogP contribution in [0.2, 0.25) is 0 Å². The molecule has 1 aromatic carbocycles. The van der Waals surface area contributed by atoms with Crippen molar-refractivity contribution in [1.82, 2.24) is 14.5 Å². The minimum atomic E-state index is -4.88. The van der Waals surface area contributed by atoms with Gasteiger partial charge in [0, 0.05) is 13.1 Å². The van der Waals surface area contributed by atoms with E-state index in [-0.39, 0.29) is 16.8 Å². The van der Waals surface area contributed by atoms with E-state index in [4.69, 9.17) is 0 Å². The van der Waals surface area contributed by atoms with Gasteiger partial charge in [-0.3, -0.25) is 4.79 Å². The topological polar surface area (TPSA) is 63.1 Å². The summed E-state index contributed by atoms with van der Waals surface area (Å²) in [5, 5.41) is 2.51. The first-order chi connectivity index (χ1) is 17.5. The number of fused-ring (bicyclic) bond motifs is 1. The van der Waals surface area contributed by atoms with E-state index in [2.05, 4.69) is 15.3 Å². The lowest BCUT2D eigenvalue weighted by atomic mass is 10.1. The van der Waals surface area contributed by atoms with Gasteiger partial charge in [-0.1, -0.05) is 30.3 Å². The van der Waals surface area contributed by atoms with Crippen LogP contribution in [0.15, 0.2) is 66.9 Å². The predicted molar refractivity (Wildman–Crippen MR) is 124 cm³/mol. The minimum Gasteiger partial charge on any atom is -0.356 e. The van der Waals surface area contributed by atoms with Crippen molar-refractivity contribution in [3.05, 3.63) is 83.8 Å². The summed E-state index contributed by atoms with van der Waals surface area (Å²) in [6.45, 7) is 1.70. The summed E-state index contributed by atoms with van der Waals surface area (Å²) >= 11 is 0. The standard InChI is InChI=1S/C25H19F6N5O/c26-24(27,28)20-9-8-18-17(34-20)13-19(36(18)22(25(29,30)31)15-5-2-1-3-6-15)23(37)33-16-7-10-21(32-14-16)35-11-4-12-35/h1-3,5-10,13-14,22H,4,11-12H2,(H,33,37). The summed E-state index contributed by atoms with van der Waals surface area (Å²) in [4.78, 5) is 23.0. The Morgan fingerprint density at radius 2 is 1.68 bits per heavy atom. The van der Waals surface area contributed by atoms with Crippen LogP contribution >= 0.6 is 0 Å². The second-order valence-corrected chi connectivity index (χ2v) is 8.55. The summed E-state index contributed by atoms with van der Waals surface area (Å²) in [5.41, 5.74) is -2.41. The van der Waals surface area contributed by atoms with E-state index in [9.17, 15) is 31.1 Å². The number of rotatable bonds is 5. The number of aromatic nitrogens is 3. The maximum Gasteiger partial charge on any atom is 0.433 e. The highest BCUT2D eigenvalue weighted by Crippen LogP contribution is 2.40. The van der Waals surface area contributed by atoms with Gasteiger partial charge in [-0.2, -0.15) is 26.3 Å². The number of hydrogen-bond acceptors (Lipinski definition) is 4. The van der Waals surface area contributed by atoms with E-state index in [1.54, 1.807) is 12.1 Å². The monoisotopic (exact) mass is 519 g/mol. The third-order valence-corrected chi connectivity index (χ3v) is 6.09. The highest BCUT2D eigenvalue weighted by atomic mass is 19.4. The molecule has 12 heteroatoms. The molecule has 6 nitrogen and oxygen atoms in total. The second-order valence-electron chi connectivity index (χ2n) is 8.55. The first kappa shape index (κ1) is 24.6. The lowest BCUT2D eigenvalue weighted by Crippen LogP contribution is -2.37. The molecule has 1 fully saturated rings. The Hall–Kier alpha value is -4.09. The summed E-state index contributed by atoms with van der Waals surface area (Å²) in [6, 6.07) is 10.1. The van der Waals surface area contributed by atoms with E-state index >= 15 is 0 Å². The average Bonchev–Trinajstić information content (AvgIpc) is 3.17. The third-order valence-electron chi connectivity index (χ3n) is 6.09. The van der Waals surface area contributed by atoms with Crippen molar-refractivity contribution >= 4 is 28.4 Å². The molecule has 3 aromatic heterocycles. The van der Waals surface area contributed by atoms with E-state index in [1.807, 2.05) is 4.90 Å². The molecule has 0 radical (unpaired) electrons. The number of anilines is 2. The molecule has 1 aliphatic rings. The lowest BCUT2D eigenvalue weighted by Gasteiger charge is -2.31. The first-order valence-corrected chi connectivity index (χ1v) is 11.3. The van der Waals surface area contributed by atoms with E-state index < -0.39 is 41.2 Å². The van der Waals surface area contributed by atoms with Crippen molar-refractivity contribution in [1.29, 1.82) is 0 Å². The normalized spacial score (nSPS) is 14.9. The zero-order valence-electron chi connectivity index (χ0n) is 19.0. The molecule has 4 heterocycles. The van der Waals surface area contributed by atoms with Gasteiger partial charge in [0.25, 0.3) is 5.91 Å². The summed E-state index contributed by atoms with van der Waals surface area (Å²) < 4.78 is 83.7. The fourth-order valence-electron chi connectivity index (χ4n) is 4.22. The second kappa shape index (κ2) is 9.09. The Kier molecular flexibility index (Phi) is 6.04. The SMILES string of the molecule is O=C(Nc1ccc(N2CCC2)nc1)c1cc2nc(C(F)(F)F)ccc2n1C(c1ccccc1)C(F)(F)F. The van der Waals surface area contributed by atoms with Crippen molar-refractivity contribution in [3.8, 4) is 0 Å². The first-order valence-electron chi connectivity index (χ1n) is 11.3. The Bertz CT molecular complexity index is 1430. The number of alkyl halides is 6. The van der Waals surface area contributed by atoms with Crippen LogP contribution in [-0.2, 0) is 6.18 Å². The third kappa shape index (κ3) is 4.83. The molecular weight excluding hydrogens is 500 g/mol. The van der Waals surface area contributed by atoms with Crippen LogP contribution in [0, 0.1) is 0 Å². The molecule has 1 N–H and O–H groups in total. The van der Waals surface area contributed by atoms with Crippen LogP contribution in [0.25, 0.3) is 11.0 Å². The average molecular weight is 519 g/mol. The molecule has 0 saturated carbocycles. The van der Waals surface area contributed by atoms with Crippen LogP contribution in [0.4, 0.5) is 37.8 Å². The fraction of sp³-hybridized carbons (Fsp3) is 0.240. The van der Waals surface area contributed by atoms with Gasteiger partial charge in [-0.15, -0.1) is 0 Å². The molecule has 1 unspecified atom stereocenters. The molecular formula is C25H19F6N5O. The maximum atomic E-state index is 14.4. The van der Waals surface area contributed by atoms with Crippen LogP contribution in [0.5, 0.6) is 0 Å². The van der Waals surface area contributed by atoms with Gasteiger partial charge < -0.3 is 14.8 Å². The van der Waals surface area contributed by atoms with Crippen molar-refractivity contribution < 1.29 is 31.1 Å². The largest absolute Gasteiger partial charge is 0.433 e. The van der Waals surface area contributed by atoms with Crippen molar-refractivity contribution in [2.24, 2.45) is 0 Å². The number of amides is 1.